The van der Waals surface area contributed by atoms with Crippen LogP contribution in [-0.2, 0) is 16.2 Å². The van der Waals surface area contributed by atoms with Gasteiger partial charge in [-0.2, -0.15) is 0 Å². The first kappa shape index (κ1) is 26.5. The molecule has 1 saturated carbocycles. The van der Waals surface area contributed by atoms with Gasteiger partial charge in [0.25, 0.3) is 5.91 Å². The van der Waals surface area contributed by atoms with Gasteiger partial charge >= 0.3 is 0 Å². The van der Waals surface area contributed by atoms with Gasteiger partial charge < -0.3 is 25.3 Å². The first-order chi connectivity index (χ1) is 17.9. The third-order valence-electron chi connectivity index (χ3n) is 6.88. The van der Waals surface area contributed by atoms with E-state index in [1.54, 1.807) is 19.1 Å². The highest BCUT2D eigenvalue weighted by molar-refractivity contribution is 6.01. The summed E-state index contributed by atoms with van der Waals surface area (Å²) < 4.78 is 18.6. The van der Waals surface area contributed by atoms with E-state index in [0.29, 0.717) is 47.6 Å². The Morgan fingerprint density at radius 1 is 1.16 bits per heavy atom. The number of oxime groups is 1. The van der Waals surface area contributed by atoms with E-state index in [4.69, 9.17) is 14.7 Å². The molecule has 0 bridgehead atoms. The molecule has 2 amide bonds. The van der Waals surface area contributed by atoms with Crippen LogP contribution < -0.4 is 15.4 Å². The van der Waals surface area contributed by atoms with E-state index in [9.17, 15) is 14.0 Å². The molecular weight excluding hydrogens is 481 g/mol. The van der Waals surface area contributed by atoms with Gasteiger partial charge in [-0.25, -0.2) is 14.4 Å². The molecule has 10 nitrogen and oxygen atoms in total. The fourth-order valence-corrected chi connectivity index (χ4v) is 4.80. The van der Waals surface area contributed by atoms with Crippen molar-refractivity contribution in [2.45, 2.75) is 51.7 Å². The second-order valence-corrected chi connectivity index (χ2v) is 9.47. The highest BCUT2D eigenvalue weighted by atomic mass is 19.1. The zero-order chi connectivity index (χ0) is 26.4. The van der Waals surface area contributed by atoms with Crippen LogP contribution in [0.2, 0.25) is 0 Å². The Morgan fingerprint density at radius 2 is 1.95 bits per heavy atom. The topological polar surface area (TPSA) is 135 Å². The number of nitrogens with zero attached hydrogens (tertiary/aromatic N) is 3. The summed E-state index contributed by atoms with van der Waals surface area (Å²) >= 11 is 0. The number of aliphatic hydroxyl groups excluding tert-OH is 1. The van der Waals surface area contributed by atoms with Crippen molar-refractivity contribution in [2.24, 2.45) is 17.0 Å². The normalized spacial score (nSPS) is 21.1. The number of aryl methyl sites for hydroxylation is 1. The van der Waals surface area contributed by atoms with E-state index in [2.05, 4.69) is 25.8 Å². The third-order valence-corrected chi connectivity index (χ3v) is 6.88. The van der Waals surface area contributed by atoms with Crippen molar-refractivity contribution in [3.05, 3.63) is 52.9 Å². The molecule has 0 spiro atoms. The number of carbonyl (C=O) groups is 2. The zero-order valence-corrected chi connectivity index (χ0v) is 21.0. The van der Waals surface area contributed by atoms with Gasteiger partial charge in [0.15, 0.2) is 11.6 Å². The van der Waals surface area contributed by atoms with E-state index < -0.39 is 12.4 Å². The number of aromatic nitrogens is 2. The van der Waals surface area contributed by atoms with Crippen LogP contribution in [0.3, 0.4) is 0 Å². The lowest BCUT2D eigenvalue weighted by atomic mass is 9.78. The van der Waals surface area contributed by atoms with Crippen molar-refractivity contribution >= 4 is 17.5 Å². The highest BCUT2D eigenvalue weighted by Crippen LogP contribution is 2.35. The fourth-order valence-electron chi connectivity index (χ4n) is 4.80. The standard InChI is InChI=1S/C26H32FN5O5/c1-15-30-20(10-22(31-15)26(35)29-13-17-5-8-19(27)24(9-17)36-2)21-11-23(37-32-21)18-6-3-16(4-7-18)12-28-25(34)14-33/h5,8-10,16,18,23,33H,3-4,6-7,11-14H2,1-2H3,(H,28,34)(H,29,35)/t16-,18-,23?. The molecule has 2 aliphatic rings. The van der Waals surface area contributed by atoms with Crippen LogP contribution in [-0.4, -0.2) is 59.0 Å². The van der Waals surface area contributed by atoms with Gasteiger partial charge in [0, 0.05) is 19.5 Å². The summed E-state index contributed by atoms with van der Waals surface area (Å²) in [5, 5.41) is 18.7. The third kappa shape index (κ3) is 6.79. The van der Waals surface area contributed by atoms with Crippen molar-refractivity contribution in [2.75, 3.05) is 20.3 Å². The van der Waals surface area contributed by atoms with Crippen molar-refractivity contribution < 1.29 is 28.7 Å². The minimum Gasteiger partial charge on any atom is -0.494 e. The van der Waals surface area contributed by atoms with E-state index in [0.717, 1.165) is 25.7 Å². The largest absolute Gasteiger partial charge is 0.494 e. The number of rotatable bonds is 9. The molecule has 0 radical (unpaired) electrons. The number of methoxy groups -OCH3 is 1. The van der Waals surface area contributed by atoms with Crippen LogP contribution in [0.5, 0.6) is 5.75 Å². The Labute approximate surface area is 214 Å². The molecule has 1 unspecified atom stereocenters. The SMILES string of the molecule is COc1cc(CNC(=O)c2cc(C3=NOC([C@H]4CC[C@H](CNC(=O)CO)CC4)C3)nc(C)n2)ccc1F. The van der Waals surface area contributed by atoms with Gasteiger partial charge in [-0.05, 0) is 68.2 Å². The van der Waals surface area contributed by atoms with Crippen LogP contribution in [0, 0.1) is 24.6 Å². The Balaban J connectivity index is 1.32. The molecule has 1 aromatic heterocycles. The summed E-state index contributed by atoms with van der Waals surface area (Å²) in [7, 11) is 1.39. The molecule has 1 atom stereocenters. The number of nitrogens with one attached hydrogen (secondary N) is 2. The maximum Gasteiger partial charge on any atom is 0.270 e. The molecule has 3 N–H and O–H groups in total. The Kier molecular flexibility index (Phi) is 8.65. The first-order valence-electron chi connectivity index (χ1n) is 12.4. The molecule has 11 heteroatoms. The summed E-state index contributed by atoms with van der Waals surface area (Å²) in [5.41, 5.74) is 2.15. The molecule has 2 heterocycles. The summed E-state index contributed by atoms with van der Waals surface area (Å²) in [6.45, 7) is 2.00. The van der Waals surface area contributed by atoms with Gasteiger partial charge in [-0.1, -0.05) is 11.2 Å². The van der Waals surface area contributed by atoms with E-state index >= 15 is 0 Å². The van der Waals surface area contributed by atoms with E-state index in [1.807, 2.05) is 0 Å². The smallest absolute Gasteiger partial charge is 0.270 e. The molecule has 0 saturated heterocycles. The number of hydrogen-bond donors (Lipinski definition) is 3. The summed E-state index contributed by atoms with van der Waals surface area (Å²) in [6, 6.07) is 6.02. The number of aliphatic hydroxyl groups is 1. The van der Waals surface area contributed by atoms with Crippen LogP contribution >= 0.6 is 0 Å². The van der Waals surface area contributed by atoms with E-state index in [1.165, 1.54) is 19.2 Å². The molecule has 1 aromatic carbocycles. The number of ether oxygens (including phenoxy) is 1. The van der Waals surface area contributed by atoms with Gasteiger partial charge in [0.1, 0.15) is 29.9 Å². The molecule has 198 valence electrons. The Morgan fingerprint density at radius 3 is 2.68 bits per heavy atom. The number of carbonyl (C=O) groups excluding carboxylic acids is 2. The maximum atomic E-state index is 13.6. The minimum atomic E-state index is -0.485. The Hall–Kier alpha value is -3.60. The van der Waals surface area contributed by atoms with Crippen LogP contribution in [0.25, 0.3) is 0 Å². The van der Waals surface area contributed by atoms with Gasteiger partial charge in [0.05, 0.1) is 12.8 Å². The van der Waals surface area contributed by atoms with Crippen molar-refractivity contribution in [3.8, 4) is 5.75 Å². The predicted octanol–water partition coefficient (Wildman–Crippen LogP) is 2.27. The maximum absolute atomic E-state index is 13.6. The monoisotopic (exact) mass is 513 g/mol. The molecule has 1 aliphatic carbocycles. The zero-order valence-electron chi connectivity index (χ0n) is 21.0. The van der Waals surface area contributed by atoms with Crippen molar-refractivity contribution in [1.82, 2.24) is 20.6 Å². The second-order valence-electron chi connectivity index (χ2n) is 9.47. The molecule has 1 fully saturated rings. The second kappa shape index (κ2) is 12.1. The lowest BCUT2D eigenvalue weighted by Gasteiger charge is -2.30. The van der Waals surface area contributed by atoms with Crippen LogP contribution in [0.4, 0.5) is 4.39 Å². The molecule has 4 rings (SSSR count). The number of halogens is 1. The highest BCUT2D eigenvalue weighted by Gasteiger charge is 2.34. The van der Waals surface area contributed by atoms with Gasteiger partial charge in [-0.3, -0.25) is 9.59 Å². The predicted molar refractivity (Wildman–Crippen MR) is 132 cm³/mol. The van der Waals surface area contributed by atoms with Crippen molar-refractivity contribution in [1.29, 1.82) is 0 Å². The first-order valence-corrected chi connectivity index (χ1v) is 12.4. The van der Waals surface area contributed by atoms with Crippen molar-refractivity contribution in [3.63, 3.8) is 0 Å². The van der Waals surface area contributed by atoms with Crippen LogP contribution in [0.1, 0.15) is 59.7 Å². The average Bonchev–Trinajstić information content (AvgIpc) is 3.41. The van der Waals surface area contributed by atoms with Gasteiger partial charge in [0.2, 0.25) is 5.91 Å². The number of amides is 2. The minimum absolute atomic E-state index is 0.0519. The lowest BCUT2D eigenvalue weighted by molar-refractivity contribution is -0.124. The summed E-state index contributed by atoms with van der Waals surface area (Å²) in [5.74, 6) is 0.122. The number of benzene rings is 1. The van der Waals surface area contributed by atoms with Crippen LogP contribution in [0.15, 0.2) is 29.4 Å². The lowest BCUT2D eigenvalue weighted by Crippen LogP contribution is -2.34. The molecule has 1 aliphatic heterocycles. The van der Waals surface area contributed by atoms with Gasteiger partial charge in [-0.15, -0.1) is 0 Å². The fraction of sp³-hybridized carbons (Fsp3) is 0.500. The molecule has 2 aromatic rings. The molecular formula is C26H32FN5O5. The molecule has 37 heavy (non-hydrogen) atoms. The van der Waals surface area contributed by atoms with E-state index in [-0.39, 0.29) is 35.9 Å². The number of hydrogen-bond acceptors (Lipinski definition) is 8. The summed E-state index contributed by atoms with van der Waals surface area (Å²) in [4.78, 5) is 38.6. The quantitative estimate of drug-likeness (QED) is 0.468. The Bertz CT molecular complexity index is 1170. The average molecular weight is 514 g/mol. The summed E-state index contributed by atoms with van der Waals surface area (Å²) in [6.07, 6.45) is 4.44.